The van der Waals surface area contributed by atoms with Crippen molar-refractivity contribution in [2.45, 2.75) is 38.2 Å². The van der Waals surface area contributed by atoms with Gasteiger partial charge in [-0.2, -0.15) is 0 Å². The molecule has 0 radical (unpaired) electrons. The zero-order valence-corrected chi connectivity index (χ0v) is 11.1. The van der Waals surface area contributed by atoms with Gasteiger partial charge in [-0.15, -0.1) is 0 Å². The summed E-state index contributed by atoms with van der Waals surface area (Å²) < 4.78 is 5.15. The predicted molar refractivity (Wildman–Crippen MR) is 73.3 cm³/mol. The normalized spacial score (nSPS) is 21.1. The first kappa shape index (κ1) is 12.9. The highest BCUT2D eigenvalue weighted by Crippen LogP contribution is 2.36. The Labute approximate surface area is 117 Å². The minimum absolute atomic E-state index is 0.180. The van der Waals surface area contributed by atoms with Gasteiger partial charge in [-0.25, -0.2) is 4.79 Å². The van der Waals surface area contributed by atoms with E-state index in [-0.39, 0.29) is 6.42 Å². The van der Waals surface area contributed by atoms with Crippen LogP contribution in [-0.4, -0.2) is 17.0 Å². The van der Waals surface area contributed by atoms with Gasteiger partial charge in [0, 0.05) is 5.56 Å². The van der Waals surface area contributed by atoms with E-state index in [4.69, 9.17) is 9.84 Å². The van der Waals surface area contributed by atoms with Crippen molar-refractivity contribution >= 4 is 17.5 Å². The fraction of sp³-hybridized carbons (Fsp3) is 0.375. The monoisotopic (exact) mass is 272 g/mol. The largest absolute Gasteiger partial charge is 0.481 e. The van der Waals surface area contributed by atoms with Crippen LogP contribution in [0, 0.1) is 0 Å². The van der Waals surface area contributed by atoms with Crippen LogP contribution in [0.4, 0.5) is 0 Å². The lowest BCUT2D eigenvalue weighted by Crippen LogP contribution is -2.05. The minimum atomic E-state index is -0.963. The Morgan fingerprint density at radius 2 is 2.20 bits per heavy atom. The second-order valence-electron chi connectivity index (χ2n) is 5.27. The molecule has 1 aliphatic heterocycles. The number of benzene rings is 1. The third kappa shape index (κ3) is 2.33. The summed E-state index contributed by atoms with van der Waals surface area (Å²) in [5.41, 5.74) is 3.53. The maximum absolute atomic E-state index is 11.9. The van der Waals surface area contributed by atoms with Crippen LogP contribution in [0.1, 0.15) is 59.7 Å². The van der Waals surface area contributed by atoms with Crippen LogP contribution in [0.15, 0.2) is 24.3 Å². The molecule has 1 atom stereocenters. The van der Waals surface area contributed by atoms with E-state index in [0.29, 0.717) is 11.1 Å². The molecule has 0 amide bonds. The second-order valence-corrected chi connectivity index (χ2v) is 5.27. The lowest BCUT2D eigenvalue weighted by Gasteiger charge is -2.13. The SMILES string of the molecule is O=C(O)CC1OC(=O)c2cc(C3=CCCCC3)ccc21. The van der Waals surface area contributed by atoms with Gasteiger partial charge in [-0.05, 0) is 42.9 Å². The van der Waals surface area contributed by atoms with Crippen molar-refractivity contribution < 1.29 is 19.4 Å². The molecule has 1 aliphatic carbocycles. The van der Waals surface area contributed by atoms with E-state index < -0.39 is 18.0 Å². The van der Waals surface area contributed by atoms with Gasteiger partial charge in [0.2, 0.25) is 0 Å². The fourth-order valence-electron chi connectivity index (χ4n) is 2.88. The predicted octanol–water partition coefficient (Wildman–Crippen LogP) is 3.33. The summed E-state index contributed by atoms with van der Waals surface area (Å²) in [6.07, 6.45) is 5.90. The van der Waals surface area contributed by atoms with Crippen LogP contribution in [0.3, 0.4) is 0 Å². The van der Waals surface area contributed by atoms with Crippen LogP contribution < -0.4 is 0 Å². The summed E-state index contributed by atoms with van der Waals surface area (Å²) in [6, 6.07) is 5.64. The number of ether oxygens (including phenoxy) is 1. The lowest BCUT2D eigenvalue weighted by atomic mass is 9.91. The van der Waals surface area contributed by atoms with E-state index >= 15 is 0 Å². The Morgan fingerprint density at radius 1 is 1.35 bits per heavy atom. The Morgan fingerprint density at radius 3 is 2.90 bits per heavy atom. The van der Waals surface area contributed by atoms with Crippen molar-refractivity contribution in [2.75, 3.05) is 0 Å². The van der Waals surface area contributed by atoms with Crippen molar-refractivity contribution in [2.24, 2.45) is 0 Å². The van der Waals surface area contributed by atoms with E-state index in [0.717, 1.165) is 18.4 Å². The molecular weight excluding hydrogens is 256 g/mol. The molecule has 0 bridgehead atoms. The second kappa shape index (κ2) is 5.12. The van der Waals surface area contributed by atoms with E-state index in [1.165, 1.54) is 18.4 Å². The first-order valence-electron chi connectivity index (χ1n) is 6.91. The van der Waals surface area contributed by atoms with Gasteiger partial charge in [0.15, 0.2) is 0 Å². The molecule has 1 unspecified atom stereocenters. The number of carboxylic acids is 1. The Balaban J connectivity index is 1.93. The zero-order chi connectivity index (χ0) is 14.1. The van der Waals surface area contributed by atoms with Crippen molar-refractivity contribution in [3.05, 3.63) is 41.0 Å². The van der Waals surface area contributed by atoms with Crippen molar-refractivity contribution in [1.29, 1.82) is 0 Å². The average molecular weight is 272 g/mol. The third-order valence-corrected chi connectivity index (χ3v) is 3.89. The maximum atomic E-state index is 11.9. The number of carboxylic acid groups (broad SMARTS) is 1. The van der Waals surface area contributed by atoms with Crippen LogP contribution in [0.2, 0.25) is 0 Å². The third-order valence-electron chi connectivity index (χ3n) is 3.89. The van der Waals surface area contributed by atoms with Gasteiger partial charge in [-0.1, -0.05) is 18.2 Å². The molecule has 2 aliphatic rings. The number of carbonyl (C=O) groups is 2. The van der Waals surface area contributed by atoms with Gasteiger partial charge < -0.3 is 9.84 Å². The summed E-state index contributed by atoms with van der Waals surface area (Å²) in [7, 11) is 0. The summed E-state index contributed by atoms with van der Waals surface area (Å²) in [5.74, 6) is -1.38. The average Bonchev–Trinajstić information content (AvgIpc) is 2.75. The number of hydrogen-bond donors (Lipinski definition) is 1. The number of fused-ring (bicyclic) bond motifs is 1. The molecule has 1 N–H and O–H groups in total. The summed E-state index contributed by atoms with van der Waals surface area (Å²) in [6.45, 7) is 0. The highest BCUT2D eigenvalue weighted by Gasteiger charge is 2.32. The van der Waals surface area contributed by atoms with E-state index in [9.17, 15) is 9.59 Å². The highest BCUT2D eigenvalue weighted by molar-refractivity contribution is 5.95. The molecule has 0 fully saturated rings. The van der Waals surface area contributed by atoms with Gasteiger partial charge in [-0.3, -0.25) is 4.79 Å². The molecule has 4 nitrogen and oxygen atoms in total. The molecule has 104 valence electrons. The molecule has 1 aromatic rings. The van der Waals surface area contributed by atoms with Crippen molar-refractivity contribution in [3.8, 4) is 0 Å². The quantitative estimate of drug-likeness (QED) is 0.857. The Hall–Kier alpha value is -2.10. The number of allylic oxidation sites excluding steroid dienone is 2. The van der Waals surface area contributed by atoms with Gasteiger partial charge in [0.05, 0.1) is 12.0 Å². The molecule has 0 saturated carbocycles. The molecular formula is C16H16O4. The van der Waals surface area contributed by atoms with Gasteiger partial charge >= 0.3 is 11.9 Å². The number of hydrogen-bond acceptors (Lipinski definition) is 3. The summed E-state index contributed by atoms with van der Waals surface area (Å²) in [4.78, 5) is 22.6. The molecule has 3 rings (SSSR count). The first-order valence-corrected chi connectivity index (χ1v) is 6.91. The smallest absolute Gasteiger partial charge is 0.339 e. The number of aliphatic carboxylic acids is 1. The number of rotatable bonds is 3. The van der Waals surface area contributed by atoms with Crippen LogP contribution >= 0.6 is 0 Å². The van der Waals surface area contributed by atoms with Crippen molar-refractivity contribution in [1.82, 2.24) is 0 Å². The number of carbonyl (C=O) groups excluding carboxylic acids is 1. The minimum Gasteiger partial charge on any atom is -0.481 e. The summed E-state index contributed by atoms with van der Waals surface area (Å²) >= 11 is 0. The first-order chi connectivity index (χ1) is 9.65. The number of cyclic esters (lactones) is 1. The zero-order valence-electron chi connectivity index (χ0n) is 11.1. The van der Waals surface area contributed by atoms with E-state index in [2.05, 4.69) is 6.08 Å². The van der Waals surface area contributed by atoms with E-state index in [1.807, 2.05) is 18.2 Å². The summed E-state index contributed by atoms with van der Waals surface area (Å²) in [5, 5.41) is 8.84. The standard InChI is InChI=1S/C16H16O4/c17-15(18)9-14-12-7-6-11(8-13(12)16(19)20-14)10-4-2-1-3-5-10/h4,6-8,14H,1-3,5,9H2,(H,17,18). The Bertz CT molecular complexity index is 600. The van der Waals surface area contributed by atoms with Gasteiger partial charge in [0.1, 0.15) is 6.10 Å². The van der Waals surface area contributed by atoms with E-state index in [1.54, 1.807) is 0 Å². The maximum Gasteiger partial charge on any atom is 0.339 e. The molecule has 0 aromatic heterocycles. The fourth-order valence-corrected chi connectivity index (χ4v) is 2.88. The van der Waals surface area contributed by atoms with Crippen molar-refractivity contribution in [3.63, 3.8) is 0 Å². The number of esters is 1. The molecule has 20 heavy (non-hydrogen) atoms. The van der Waals surface area contributed by atoms with Crippen LogP contribution in [0.5, 0.6) is 0 Å². The molecule has 4 heteroatoms. The Kier molecular flexibility index (Phi) is 3.30. The highest BCUT2D eigenvalue weighted by atomic mass is 16.5. The lowest BCUT2D eigenvalue weighted by molar-refractivity contribution is -0.139. The topological polar surface area (TPSA) is 63.6 Å². The van der Waals surface area contributed by atoms with Crippen LogP contribution in [0.25, 0.3) is 5.57 Å². The molecule has 1 aromatic carbocycles. The molecule has 0 spiro atoms. The molecule has 0 saturated heterocycles. The molecule has 1 heterocycles. The van der Waals surface area contributed by atoms with Gasteiger partial charge in [0.25, 0.3) is 0 Å². The van der Waals surface area contributed by atoms with Crippen LogP contribution in [-0.2, 0) is 9.53 Å².